The molecule has 0 aliphatic carbocycles. The minimum Gasteiger partial charge on any atom is -0.328 e. The molecule has 3 rings (SSSR count). The molecular formula is C16H18N4. The van der Waals surface area contributed by atoms with E-state index in [1.165, 1.54) is 5.56 Å². The van der Waals surface area contributed by atoms with Crippen molar-refractivity contribution in [2.24, 2.45) is 11.5 Å². The van der Waals surface area contributed by atoms with Crippen LogP contribution in [0.2, 0.25) is 0 Å². The molecule has 3 aromatic rings. The zero-order chi connectivity index (χ0) is 13.9. The summed E-state index contributed by atoms with van der Waals surface area (Å²) in [6.45, 7) is 1.14. The monoisotopic (exact) mass is 266 g/mol. The highest BCUT2D eigenvalue weighted by Crippen LogP contribution is 2.20. The van der Waals surface area contributed by atoms with E-state index in [0.29, 0.717) is 6.54 Å². The van der Waals surface area contributed by atoms with Gasteiger partial charge in [0.2, 0.25) is 0 Å². The third-order valence-electron chi connectivity index (χ3n) is 3.45. The number of fused-ring (bicyclic) bond motifs is 1. The van der Waals surface area contributed by atoms with Crippen LogP contribution in [0.1, 0.15) is 17.4 Å². The molecule has 4 heteroatoms. The molecule has 0 aliphatic rings. The van der Waals surface area contributed by atoms with Crippen molar-refractivity contribution in [3.63, 3.8) is 0 Å². The van der Waals surface area contributed by atoms with Crippen LogP contribution in [-0.2, 0) is 6.54 Å². The Morgan fingerprint density at radius 2 is 1.70 bits per heavy atom. The largest absolute Gasteiger partial charge is 0.328 e. The second kappa shape index (κ2) is 5.45. The summed E-state index contributed by atoms with van der Waals surface area (Å²) in [6, 6.07) is 18.1. The van der Waals surface area contributed by atoms with Crippen LogP contribution in [0.25, 0.3) is 11.0 Å². The van der Waals surface area contributed by atoms with Gasteiger partial charge in [0.05, 0.1) is 17.1 Å². The minimum atomic E-state index is -0.244. The van der Waals surface area contributed by atoms with Crippen LogP contribution < -0.4 is 11.5 Å². The van der Waals surface area contributed by atoms with Crippen molar-refractivity contribution in [1.29, 1.82) is 0 Å². The van der Waals surface area contributed by atoms with Gasteiger partial charge >= 0.3 is 0 Å². The van der Waals surface area contributed by atoms with Gasteiger partial charge in [-0.2, -0.15) is 0 Å². The van der Waals surface area contributed by atoms with Gasteiger partial charge in [0.1, 0.15) is 5.82 Å². The number of aromatic nitrogens is 2. The van der Waals surface area contributed by atoms with Gasteiger partial charge in [-0.05, 0) is 17.7 Å². The molecule has 0 radical (unpaired) electrons. The van der Waals surface area contributed by atoms with E-state index in [-0.39, 0.29) is 6.04 Å². The van der Waals surface area contributed by atoms with Crippen LogP contribution >= 0.6 is 0 Å². The molecule has 0 fully saturated rings. The van der Waals surface area contributed by atoms with Gasteiger partial charge < -0.3 is 16.0 Å². The fourth-order valence-corrected chi connectivity index (χ4v) is 2.41. The van der Waals surface area contributed by atoms with Crippen LogP contribution in [0.15, 0.2) is 54.6 Å². The summed E-state index contributed by atoms with van der Waals surface area (Å²) in [6.07, 6.45) is 0. The molecule has 4 nitrogen and oxygen atoms in total. The van der Waals surface area contributed by atoms with E-state index < -0.39 is 0 Å². The second-order valence-corrected chi connectivity index (χ2v) is 4.87. The number of nitrogens with zero attached hydrogens (tertiary/aromatic N) is 2. The highest BCUT2D eigenvalue weighted by atomic mass is 15.1. The smallest absolute Gasteiger partial charge is 0.128 e. The molecule has 1 heterocycles. The number of nitrogens with two attached hydrogens (primary N) is 2. The molecule has 1 unspecified atom stereocenters. The normalized spacial score (nSPS) is 12.7. The van der Waals surface area contributed by atoms with Crippen molar-refractivity contribution < 1.29 is 0 Å². The predicted octanol–water partition coefficient (Wildman–Crippen LogP) is 2.04. The van der Waals surface area contributed by atoms with Crippen molar-refractivity contribution in [3.8, 4) is 0 Å². The average molecular weight is 266 g/mol. The molecular weight excluding hydrogens is 248 g/mol. The highest BCUT2D eigenvalue weighted by molar-refractivity contribution is 5.76. The Labute approximate surface area is 118 Å². The lowest BCUT2D eigenvalue weighted by atomic mass is 10.2. The average Bonchev–Trinajstić information content (AvgIpc) is 2.86. The van der Waals surface area contributed by atoms with Gasteiger partial charge in [0.15, 0.2) is 0 Å². The maximum Gasteiger partial charge on any atom is 0.128 e. The van der Waals surface area contributed by atoms with Gasteiger partial charge in [-0.3, -0.25) is 0 Å². The molecule has 0 saturated carbocycles. The fourth-order valence-electron chi connectivity index (χ4n) is 2.41. The summed E-state index contributed by atoms with van der Waals surface area (Å²) in [5.41, 5.74) is 15.1. The SMILES string of the molecule is NCC(N)c1nc2ccccc2n1Cc1ccccc1. The Balaban J connectivity index is 2.11. The Morgan fingerprint density at radius 1 is 1.00 bits per heavy atom. The number of hydrogen-bond acceptors (Lipinski definition) is 3. The Hall–Kier alpha value is -2.17. The summed E-state index contributed by atoms with van der Waals surface area (Å²) in [4.78, 5) is 4.64. The lowest BCUT2D eigenvalue weighted by Crippen LogP contribution is -2.24. The fraction of sp³-hybridized carbons (Fsp3) is 0.188. The zero-order valence-electron chi connectivity index (χ0n) is 11.2. The van der Waals surface area contributed by atoms with Crippen LogP contribution in [0.4, 0.5) is 0 Å². The van der Waals surface area contributed by atoms with Gasteiger partial charge in [0, 0.05) is 13.1 Å². The van der Waals surface area contributed by atoms with Crippen molar-refractivity contribution >= 4 is 11.0 Å². The van der Waals surface area contributed by atoms with Crippen LogP contribution in [0, 0.1) is 0 Å². The first kappa shape index (κ1) is 12.8. The molecule has 0 saturated heterocycles. The van der Waals surface area contributed by atoms with E-state index in [1.54, 1.807) is 0 Å². The topological polar surface area (TPSA) is 69.9 Å². The lowest BCUT2D eigenvalue weighted by molar-refractivity contribution is 0.629. The van der Waals surface area contributed by atoms with Crippen LogP contribution in [0.5, 0.6) is 0 Å². The van der Waals surface area contributed by atoms with Gasteiger partial charge in [-0.25, -0.2) is 4.98 Å². The Morgan fingerprint density at radius 3 is 2.45 bits per heavy atom. The minimum absolute atomic E-state index is 0.244. The van der Waals surface area contributed by atoms with Gasteiger partial charge in [-0.1, -0.05) is 42.5 Å². The third-order valence-corrected chi connectivity index (χ3v) is 3.45. The molecule has 102 valence electrons. The number of benzene rings is 2. The summed E-state index contributed by atoms with van der Waals surface area (Å²) < 4.78 is 2.15. The standard InChI is InChI=1S/C16H18N4/c17-10-13(18)16-19-14-8-4-5-9-15(14)20(16)11-12-6-2-1-3-7-12/h1-9,13H,10-11,17-18H2. The van der Waals surface area contributed by atoms with Crippen LogP contribution in [0.3, 0.4) is 0 Å². The van der Waals surface area contributed by atoms with Gasteiger partial charge in [0.25, 0.3) is 0 Å². The van der Waals surface area contributed by atoms with E-state index in [1.807, 2.05) is 36.4 Å². The maximum atomic E-state index is 6.10. The van der Waals surface area contributed by atoms with E-state index in [0.717, 1.165) is 23.4 Å². The third kappa shape index (κ3) is 2.31. The number of para-hydroxylation sites is 2. The lowest BCUT2D eigenvalue weighted by Gasteiger charge is -2.13. The van der Waals surface area contributed by atoms with Gasteiger partial charge in [-0.15, -0.1) is 0 Å². The van der Waals surface area contributed by atoms with E-state index in [2.05, 4.69) is 27.8 Å². The first-order valence-electron chi connectivity index (χ1n) is 6.74. The summed E-state index contributed by atoms with van der Waals surface area (Å²) in [5.74, 6) is 0.845. The Bertz CT molecular complexity index is 703. The van der Waals surface area contributed by atoms with Crippen LogP contribution in [-0.4, -0.2) is 16.1 Å². The molecule has 0 amide bonds. The number of rotatable bonds is 4. The molecule has 4 N–H and O–H groups in total. The second-order valence-electron chi connectivity index (χ2n) is 4.87. The molecule has 0 spiro atoms. The van der Waals surface area contributed by atoms with E-state index in [9.17, 15) is 0 Å². The van der Waals surface area contributed by atoms with Crippen molar-refractivity contribution in [3.05, 3.63) is 66.0 Å². The first-order chi connectivity index (χ1) is 9.79. The Kier molecular flexibility index (Phi) is 3.50. The molecule has 2 aromatic carbocycles. The summed E-state index contributed by atoms with van der Waals surface area (Å²) >= 11 is 0. The van der Waals surface area contributed by atoms with E-state index in [4.69, 9.17) is 11.5 Å². The molecule has 1 atom stereocenters. The maximum absolute atomic E-state index is 6.10. The first-order valence-corrected chi connectivity index (χ1v) is 6.74. The summed E-state index contributed by atoms with van der Waals surface area (Å²) in [7, 11) is 0. The van der Waals surface area contributed by atoms with Crippen molar-refractivity contribution in [2.75, 3.05) is 6.54 Å². The van der Waals surface area contributed by atoms with Crippen molar-refractivity contribution in [2.45, 2.75) is 12.6 Å². The number of imidazole rings is 1. The molecule has 1 aromatic heterocycles. The molecule has 0 bridgehead atoms. The molecule has 0 aliphatic heterocycles. The summed E-state index contributed by atoms with van der Waals surface area (Å²) in [5, 5.41) is 0. The number of hydrogen-bond donors (Lipinski definition) is 2. The highest BCUT2D eigenvalue weighted by Gasteiger charge is 2.15. The van der Waals surface area contributed by atoms with E-state index >= 15 is 0 Å². The molecule has 20 heavy (non-hydrogen) atoms. The quantitative estimate of drug-likeness (QED) is 0.759. The zero-order valence-corrected chi connectivity index (χ0v) is 11.2. The van der Waals surface area contributed by atoms with Crippen molar-refractivity contribution in [1.82, 2.24) is 9.55 Å². The predicted molar refractivity (Wildman–Crippen MR) is 81.3 cm³/mol.